The van der Waals surface area contributed by atoms with Gasteiger partial charge in [-0.15, -0.1) is 0 Å². The third kappa shape index (κ3) is 2.80. The zero-order valence-corrected chi connectivity index (χ0v) is 13.3. The molecule has 0 bridgehead atoms. The molecule has 2 saturated heterocycles. The monoisotopic (exact) mass is 320 g/mol. The van der Waals surface area contributed by atoms with Crippen molar-refractivity contribution in [2.75, 3.05) is 13.1 Å². The Morgan fingerprint density at radius 1 is 1.30 bits per heavy atom. The number of imide groups is 1. The maximum absolute atomic E-state index is 12.4. The fraction of sp³-hybridized carbons (Fsp3) is 0.600. The number of hydrogen-bond donors (Lipinski definition) is 2. The minimum atomic E-state index is -0.838. The Bertz CT molecular complexity index is 639. The van der Waals surface area contributed by atoms with Gasteiger partial charge in [-0.2, -0.15) is 0 Å². The van der Waals surface area contributed by atoms with Crippen LogP contribution in [0.5, 0.6) is 0 Å². The molecule has 3 heterocycles. The Morgan fingerprint density at radius 3 is 2.52 bits per heavy atom. The van der Waals surface area contributed by atoms with Crippen LogP contribution in [0.3, 0.4) is 0 Å². The van der Waals surface area contributed by atoms with E-state index in [1.54, 1.807) is 4.90 Å². The standard InChI is InChI=1S/C15H20N4O4/c1-9-11(10(2)23-18-9)3-4-12(20)19-7-5-15(6-8-19)13(21)16-14(22)17-15/h3-8H2,1-2H3,(H2,16,17,21,22). The highest BCUT2D eigenvalue weighted by atomic mass is 16.5. The Kier molecular flexibility index (Phi) is 3.83. The summed E-state index contributed by atoms with van der Waals surface area (Å²) in [6.07, 6.45) is 1.87. The molecule has 0 aliphatic carbocycles. The number of nitrogens with zero attached hydrogens (tertiary/aromatic N) is 2. The van der Waals surface area contributed by atoms with E-state index in [4.69, 9.17) is 4.52 Å². The van der Waals surface area contributed by atoms with Gasteiger partial charge in [-0.05, 0) is 33.1 Å². The van der Waals surface area contributed by atoms with Crippen LogP contribution in [0.4, 0.5) is 4.79 Å². The third-order valence-electron chi connectivity index (χ3n) is 4.75. The minimum absolute atomic E-state index is 0.0459. The number of amides is 4. The Labute approximate surface area is 133 Å². The van der Waals surface area contributed by atoms with Crippen molar-refractivity contribution >= 4 is 17.8 Å². The smallest absolute Gasteiger partial charge is 0.322 e. The molecule has 0 saturated carbocycles. The van der Waals surface area contributed by atoms with Crippen molar-refractivity contribution in [1.29, 1.82) is 0 Å². The molecule has 2 fully saturated rings. The minimum Gasteiger partial charge on any atom is -0.361 e. The summed E-state index contributed by atoms with van der Waals surface area (Å²) in [6, 6.07) is -0.451. The summed E-state index contributed by atoms with van der Waals surface area (Å²) in [4.78, 5) is 37.3. The lowest BCUT2D eigenvalue weighted by Gasteiger charge is -2.37. The summed E-state index contributed by atoms with van der Waals surface area (Å²) in [7, 11) is 0. The second kappa shape index (κ2) is 5.68. The van der Waals surface area contributed by atoms with Gasteiger partial charge in [0, 0.05) is 25.1 Å². The fourth-order valence-electron chi connectivity index (χ4n) is 3.27. The van der Waals surface area contributed by atoms with Gasteiger partial charge in [0.1, 0.15) is 11.3 Å². The molecule has 8 nitrogen and oxygen atoms in total. The highest BCUT2D eigenvalue weighted by Gasteiger charge is 2.48. The SMILES string of the molecule is Cc1noc(C)c1CCC(=O)N1CCC2(CC1)NC(=O)NC2=O. The topological polar surface area (TPSA) is 105 Å². The first kappa shape index (κ1) is 15.5. The lowest BCUT2D eigenvalue weighted by molar-refractivity contribution is -0.135. The van der Waals surface area contributed by atoms with E-state index in [1.807, 2.05) is 13.8 Å². The van der Waals surface area contributed by atoms with Crippen molar-refractivity contribution in [3.63, 3.8) is 0 Å². The maximum Gasteiger partial charge on any atom is 0.322 e. The van der Waals surface area contributed by atoms with Crippen molar-refractivity contribution in [2.24, 2.45) is 0 Å². The quantitative estimate of drug-likeness (QED) is 0.786. The lowest BCUT2D eigenvalue weighted by Crippen LogP contribution is -2.55. The van der Waals surface area contributed by atoms with Gasteiger partial charge in [-0.1, -0.05) is 5.16 Å². The van der Waals surface area contributed by atoms with Gasteiger partial charge < -0.3 is 14.7 Å². The van der Waals surface area contributed by atoms with Gasteiger partial charge in [-0.3, -0.25) is 14.9 Å². The highest BCUT2D eigenvalue weighted by molar-refractivity contribution is 6.07. The van der Waals surface area contributed by atoms with Gasteiger partial charge in [0.05, 0.1) is 5.69 Å². The average Bonchev–Trinajstić information content (AvgIpc) is 2.97. The molecule has 3 rings (SSSR count). The predicted octanol–water partition coefficient (Wildman–Crippen LogP) is 0.425. The zero-order valence-electron chi connectivity index (χ0n) is 13.3. The van der Waals surface area contributed by atoms with E-state index in [9.17, 15) is 14.4 Å². The number of piperidine rings is 1. The third-order valence-corrected chi connectivity index (χ3v) is 4.75. The summed E-state index contributed by atoms with van der Waals surface area (Å²) in [5.74, 6) is 0.508. The summed E-state index contributed by atoms with van der Waals surface area (Å²) >= 11 is 0. The van der Waals surface area contributed by atoms with Crippen LogP contribution in [0.2, 0.25) is 0 Å². The number of urea groups is 1. The second-order valence-electron chi connectivity index (χ2n) is 6.17. The van der Waals surface area contributed by atoms with Crippen LogP contribution in [-0.4, -0.2) is 46.5 Å². The molecule has 1 aromatic rings. The van der Waals surface area contributed by atoms with Crippen molar-refractivity contribution in [1.82, 2.24) is 20.7 Å². The van der Waals surface area contributed by atoms with Crippen LogP contribution in [0.15, 0.2) is 4.52 Å². The number of nitrogens with one attached hydrogen (secondary N) is 2. The van der Waals surface area contributed by atoms with Crippen LogP contribution < -0.4 is 10.6 Å². The summed E-state index contributed by atoms with van der Waals surface area (Å²) in [5, 5.41) is 8.84. The summed E-state index contributed by atoms with van der Waals surface area (Å²) < 4.78 is 5.10. The molecule has 8 heteroatoms. The second-order valence-corrected chi connectivity index (χ2v) is 6.17. The Balaban J connectivity index is 1.55. The average molecular weight is 320 g/mol. The first-order valence-corrected chi connectivity index (χ1v) is 7.74. The maximum atomic E-state index is 12.4. The van der Waals surface area contributed by atoms with Crippen molar-refractivity contribution < 1.29 is 18.9 Å². The molecule has 2 aliphatic rings. The number of rotatable bonds is 3. The first-order valence-electron chi connectivity index (χ1n) is 7.74. The van der Waals surface area contributed by atoms with Crippen LogP contribution >= 0.6 is 0 Å². The number of carbonyl (C=O) groups is 3. The number of carbonyl (C=O) groups excluding carboxylic acids is 3. The number of aromatic nitrogens is 1. The molecule has 1 aromatic heterocycles. The van der Waals surface area contributed by atoms with Crippen LogP contribution in [-0.2, 0) is 16.0 Å². The Hall–Kier alpha value is -2.38. The van der Waals surface area contributed by atoms with E-state index in [0.717, 1.165) is 17.0 Å². The molecule has 4 amide bonds. The van der Waals surface area contributed by atoms with Crippen molar-refractivity contribution in [3.05, 3.63) is 17.0 Å². The van der Waals surface area contributed by atoms with Crippen molar-refractivity contribution in [3.8, 4) is 0 Å². The largest absolute Gasteiger partial charge is 0.361 e. The van der Waals surface area contributed by atoms with E-state index in [2.05, 4.69) is 15.8 Å². The Morgan fingerprint density at radius 2 is 2.00 bits per heavy atom. The van der Waals surface area contributed by atoms with E-state index < -0.39 is 11.6 Å². The molecule has 1 spiro atoms. The molecular formula is C15H20N4O4. The van der Waals surface area contributed by atoms with E-state index >= 15 is 0 Å². The highest BCUT2D eigenvalue weighted by Crippen LogP contribution is 2.26. The molecule has 0 aromatic carbocycles. The normalized spacial score (nSPS) is 19.8. The number of likely N-dealkylation sites (tertiary alicyclic amines) is 1. The molecule has 124 valence electrons. The molecular weight excluding hydrogens is 300 g/mol. The molecule has 0 radical (unpaired) electrons. The molecule has 2 N–H and O–H groups in total. The summed E-state index contributed by atoms with van der Waals surface area (Å²) in [5.41, 5.74) is 0.961. The summed E-state index contributed by atoms with van der Waals surface area (Å²) in [6.45, 7) is 4.64. The molecule has 0 unspecified atom stereocenters. The molecule has 2 aliphatic heterocycles. The van der Waals surface area contributed by atoms with Crippen LogP contribution in [0.25, 0.3) is 0 Å². The predicted molar refractivity (Wildman–Crippen MR) is 79.5 cm³/mol. The number of aryl methyl sites for hydroxylation is 2. The van der Waals surface area contributed by atoms with Crippen molar-refractivity contribution in [2.45, 2.75) is 45.1 Å². The van der Waals surface area contributed by atoms with E-state index in [1.165, 1.54) is 0 Å². The van der Waals surface area contributed by atoms with Crippen LogP contribution in [0.1, 0.15) is 36.3 Å². The zero-order chi connectivity index (χ0) is 16.6. The molecule has 23 heavy (non-hydrogen) atoms. The van der Waals surface area contributed by atoms with Gasteiger partial charge >= 0.3 is 6.03 Å². The number of hydrogen-bond acceptors (Lipinski definition) is 5. The van der Waals surface area contributed by atoms with Gasteiger partial charge in [-0.25, -0.2) is 4.79 Å². The fourth-order valence-corrected chi connectivity index (χ4v) is 3.27. The van der Waals surface area contributed by atoms with Gasteiger partial charge in [0.15, 0.2) is 0 Å². The first-order chi connectivity index (χ1) is 10.9. The lowest BCUT2D eigenvalue weighted by atomic mass is 9.87. The van der Waals surface area contributed by atoms with E-state index in [-0.39, 0.29) is 11.8 Å². The van der Waals surface area contributed by atoms with Gasteiger partial charge in [0.25, 0.3) is 5.91 Å². The molecule has 0 atom stereocenters. The van der Waals surface area contributed by atoms with Gasteiger partial charge in [0.2, 0.25) is 5.91 Å². The van der Waals surface area contributed by atoms with E-state index in [0.29, 0.717) is 38.8 Å². The van der Waals surface area contributed by atoms with Crippen LogP contribution in [0, 0.1) is 13.8 Å².